The molecule has 5 nitrogen and oxygen atoms in total. The molecule has 1 N–H and O–H groups in total. The third-order valence-electron chi connectivity index (χ3n) is 3.90. The third-order valence-corrected chi connectivity index (χ3v) is 3.90. The first-order valence-corrected chi connectivity index (χ1v) is 6.77. The number of aliphatic hydroxyl groups is 1. The van der Waals surface area contributed by atoms with Crippen molar-refractivity contribution in [1.29, 1.82) is 5.26 Å². The lowest BCUT2D eigenvalue weighted by Crippen LogP contribution is -2.37. The molecular weight excluding hydrogens is 240 g/mol. The van der Waals surface area contributed by atoms with E-state index in [4.69, 9.17) is 5.11 Å². The van der Waals surface area contributed by atoms with Gasteiger partial charge in [0.1, 0.15) is 11.6 Å². The van der Waals surface area contributed by atoms with E-state index in [-0.39, 0.29) is 6.61 Å². The van der Waals surface area contributed by atoms with Crippen LogP contribution in [0.15, 0.2) is 0 Å². The molecule has 0 bridgehead atoms. The van der Waals surface area contributed by atoms with Crippen molar-refractivity contribution >= 4 is 5.82 Å². The van der Waals surface area contributed by atoms with Crippen LogP contribution >= 0.6 is 0 Å². The molecule has 1 aliphatic heterocycles. The smallest absolute Gasteiger partial charge is 0.169 e. The monoisotopic (exact) mass is 260 g/mol. The molecule has 5 heteroatoms. The largest absolute Gasteiger partial charge is 0.396 e. The van der Waals surface area contributed by atoms with Crippen LogP contribution < -0.4 is 4.90 Å². The predicted molar refractivity (Wildman–Crippen MR) is 72.9 cm³/mol. The topological polar surface area (TPSA) is 73.0 Å². The summed E-state index contributed by atoms with van der Waals surface area (Å²) in [6.45, 7) is 5.78. The number of anilines is 1. The fraction of sp³-hybridized carbons (Fsp3) is 0.643. The van der Waals surface area contributed by atoms with Gasteiger partial charge < -0.3 is 10.0 Å². The van der Waals surface area contributed by atoms with E-state index in [1.807, 2.05) is 13.8 Å². The van der Waals surface area contributed by atoms with Crippen LogP contribution in [0.2, 0.25) is 0 Å². The highest BCUT2D eigenvalue weighted by Gasteiger charge is 2.24. The van der Waals surface area contributed by atoms with Crippen LogP contribution in [0.25, 0.3) is 0 Å². The zero-order valence-corrected chi connectivity index (χ0v) is 11.6. The molecule has 1 fully saturated rings. The Hall–Kier alpha value is -1.67. The summed E-state index contributed by atoms with van der Waals surface area (Å²) in [5.41, 5.74) is 2.36. The lowest BCUT2D eigenvalue weighted by Gasteiger charge is -2.33. The van der Waals surface area contributed by atoms with Crippen LogP contribution in [-0.2, 0) is 0 Å². The Balaban J connectivity index is 2.27. The van der Waals surface area contributed by atoms with E-state index in [1.165, 1.54) is 0 Å². The minimum atomic E-state index is 0.224. The lowest BCUT2D eigenvalue weighted by atomic mass is 9.94. The van der Waals surface area contributed by atoms with Gasteiger partial charge in [0, 0.05) is 19.7 Å². The van der Waals surface area contributed by atoms with Crippen LogP contribution in [0.4, 0.5) is 5.82 Å². The quantitative estimate of drug-likeness (QED) is 0.893. The standard InChI is InChI=1S/C14H20N4O/c1-10-11(2)16-17-14(13(10)8-15)18-6-3-4-12(9-18)5-7-19/h12,19H,3-7,9H2,1-2H3. The molecule has 0 aromatic carbocycles. The van der Waals surface area contributed by atoms with E-state index in [1.54, 1.807) is 0 Å². The van der Waals surface area contributed by atoms with Gasteiger partial charge in [-0.3, -0.25) is 0 Å². The second-order valence-corrected chi connectivity index (χ2v) is 5.19. The fourth-order valence-electron chi connectivity index (χ4n) is 2.63. The van der Waals surface area contributed by atoms with Crippen molar-refractivity contribution in [1.82, 2.24) is 10.2 Å². The van der Waals surface area contributed by atoms with E-state index >= 15 is 0 Å². The zero-order valence-electron chi connectivity index (χ0n) is 11.6. The van der Waals surface area contributed by atoms with Crippen LogP contribution in [0.3, 0.4) is 0 Å². The van der Waals surface area contributed by atoms with Crippen LogP contribution in [0.5, 0.6) is 0 Å². The molecule has 1 saturated heterocycles. The first-order chi connectivity index (χ1) is 9.17. The number of hydrogen-bond donors (Lipinski definition) is 1. The number of piperidine rings is 1. The van der Waals surface area contributed by atoms with Gasteiger partial charge in [-0.25, -0.2) is 0 Å². The maximum Gasteiger partial charge on any atom is 0.169 e. The fourth-order valence-corrected chi connectivity index (χ4v) is 2.63. The van der Waals surface area contributed by atoms with Gasteiger partial charge in [-0.1, -0.05) is 0 Å². The van der Waals surface area contributed by atoms with E-state index < -0.39 is 0 Å². The average Bonchev–Trinajstić information content (AvgIpc) is 2.42. The van der Waals surface area contributed by atoms with Crippen molar-refractivity contribution in [2.24, 2.45) is 5.92 Å². The molecule has 0 aliphatic carbocycles. The highest BCUT2D eigenvalue weighted by molar-refractivity contribution is 5.57. The van der Waals surface area contributed by atoms with Crippen molar-refractivity contribution in [2.45, 2.75) is 33.1 Å². The van der Waals surface area contributed by atoms with Crippen molar-refractivity contribution < 1.29 is 5.11 Å². The van der Waals surface area contributed by atoms with Gasteiger partial charge in [0.15, 0.2) is 5.82 Å². The molecule has 0 radical (unpaired) electrons. The normalized spacial score (nSPS) is 19.3. The molecular formula is C14H20N4O. The number of nitriles is 1. The first kappa shape index (κ1) is 13.8. The molecule has 1 aromatic heterocycles. The van der Waals surface area contributed by atoms with E-state index in [0.717, 1.165) is 43.6 Å². The average molecular weight is 260 g/mol. The number of hydrogen-bond acceptors (Lipinski definition) is 5. The number of aromatic nitrogens is 2. The Kier molecular flexibility index (Phi) is 4.33. The summed E-state index contributed by atoms with van der Waals surface area (Å²) in [6.07, 6.45) is 3.03. The SMILES string of the molecule is Cc1nnc(N2CCCC(CCO)C2)c(C#N)c1C. The second-order valence-electron chi connectivity index (χ2n) is 5.19. The summed E-state index contributed by atoms with van der Waals surface area (Å²) in [5, 5.41) is 26.8. The van der Waals surface area contributed by atoms with Crippen LogP contribution in [0.1, 0.15) is 36.1 Å². The summed E-state index contributed by atoms with van der Waals surface area (Å²) in [7, 11) is 0. The Morgan fingerprint density at radius 3 is 2.89 bits per heavy atom. The van der Waals surface area contributed by atoms with Gasteiger partial charge in [0.25, 0.3) is 0 Å². The van der Waals surface area contributed by atoms with Crippen LogP contribution in [-0.4, -0.2) is 35.0 Å². The maximum absolute atomic E-state index is 9.34. The van der Waals surface area contributed by atoms with E-state index in [2.05, 4.69) is 21.2 Å². The highest BCUT2D eigenvalue weighted by Crippen LogP contribution is 2.27. The minimum absolute atomic E-state index is 0.224. The first-order valence-electron chi connectivity index (χ1n) is 6.77. The maximum atomic E-state index is 9.34. The molecule has 2 rings (SSSR count). The second kappa shape index (κ2) is 5.98. The Morgan fingerprint density at radius 2 is 2.21 bits per heavy atom. The molecule has 19 heavy (non-hydrogen) atoms. The van der Waals surface area contributed by atoms with E-state index in [9.17, 15) is 5.26 Å². The minimum Gasteiger partial charge on any atom is -0.396 e. The van der Waals surface area contributed by atoms with Gasteiger partial charge in [0.05, 0.1) is 5.69 Å². The summed E-state index contributed by atoms with van der Waals surface area (Å²) in [4.78, 5) is 2.14. The summed E-state index contributed by atoms with van der Waals surface area (Å²) >= 11 is 0. The summed E-state index contributed by atoms with van der Waals surface area (Å²) < 4.78 is 0. The molecule has 1 aromatic rings. The molecule has 1 atom stereocenters. The highest BCUT2D eigenvalue weighted by atomic mass is 16.3. The third kappa shape index (κ3) is 2.85. The van der Waals surface area contributed by atoms with Crippen molar-refractivity contribution in [3.05, 3.63) is 16.8 Å². The molecule has 1 aliphatic rings. The Labute approximate surface area is 113 Å². The van der Waals surface area contributed by atoms with Gasteiger partial charge >= 0.3 is 0 Å². The van der Waals surface area contributed by atoms with Crippen LogP contribution in [0, 0.1) is 31.1 Å². The number of aryl methyl sites for hydroxylation is 1. The number of nitrogens with zero attached hydrogens (tertiary/aromatic N) is 4. The zero-order chi connectivity index (χ0) is 13.8. The molecule has 0 amide bonds. The van der Waals surface area contributed by atoms with Gasteiger partial charge in [-0.15, -0.1) is 5.10 Å². The molecule has 0 spiro atoms. The molecule has 0 saturated carbocycles. The van der Waals surface area contributed by atoms with E-state index in [0.29, 0.717) is 17.3 Å². The van der Waals surface area contributed by atoms with Gasteiger partial charge in [-0.05, 0) is 44.6 Å². The Bertz CT molecular complexity index is 493. The summed E-state index contributed by atoms with van der Waals surface area (Å²) in [5.74, 6) is 1.18. The van der Waals surface area contributed by atoms with Gasteiger partial charge in [-0.2, -0.15) is 10.4 Å². The van der Waals surface area contributed by atoms with Crippen molar-refractivity contribution in [3.8, 4) is 6.07 Å². The summed E-state index contributed by atoms with van der Waals surface area (Å²) in [6, 6.07) is 2.26. The predicted octanol–water partition coefficient (Wildman–Crippen LogP) is 1.56. The van der Waals surface area contributed by atoms with Crippen molar-refractivity contribution in [2.75, 3.05) is 24.6 Å². The molecule has 102 valence electrons. The Morgan fingerprint density at radius 1 is 1.42 bits per heavy atom. The lowest BCUT2D eigenvalue weighted by molar-refractivity contribution is 0.244. The van der Waals surface area contributed by atoms with Crippen molar-refractivity contribution in [3.63, 3.8) is 0 Å². The molecule has 1 unspecified atom stereocenters. The number of rotatable bonds is 3. The number of aliphatic hydroxyl groups excluding tert-OH is 1. The van der Waals surface area contributed by atoms with Gasteiger partial charge in [0.2, 0.25) is 0 Å². The molecule has 2 heterocycles.